The Morgan fingerprint density at radius 3 is 2.85 bits per heavy atom. The molecule has 2 heterocycles. The van der Waals surface area contributed by atoms with Gasteiger partial charge in [-0.15, -0.1) is 0 Å². The Kier molecular flexibility index (Phi) is 5.50. The predicted octanol–water partition coefficient (Wildman–Crippen LogP) is 3.80. The van der Waals surface area contributed by atoms with Gasteiger partial charge in [-0.05, 0) is 32.1 Å². The number of fused-ring (bicyclic) bond motifs is 1. The summed E-state index contributed by atoms with van der Waals surface area (Å²) in [5, 5.41) is 9.75. The third-order valence-electron chi connectivity index (χ3n) is 4.74. The fraction of sp³-hybridized carbons (Fsp3) is 0.588. The van der Waals surface area contributed by atoms with Gasteiger partial charge in [0.1, 0.15) is 5.76 Å². The van der Waals surface area contributed by atoms with Crippen LogP contribution in [0.3, 0.4) is 0 Å². The molecule has 0 spiro atoms. The number of hydrogen-bond acceptors (Lipinski definition) is 4. The average Bonchev–Trinajstić information content (AvgIpc) is 3.13. The summed E-state index contributed by atoms with van der Waals surface area (Å²) in [7, 11) is 0. The molecule has 0 saturated heterocycles. The number of carbonyl (C=O) groups is 1. The first-order chi connectivity index (χ1) is 12.7. The predicted molar refractivity (Wildman–Crippen MR) is 91.6 cm³/mol. The van der Waals surface area contributed by atoms with Crippen LogP contribution in [0.1, 0.15) is 53.0 Å². The van der Waals surface area contributed by atoms with Crippen molar-refractivity contribution in [2.24, 2.45) is 5.92 Å². The van der Waals surface area contributed by atoms with Gasteiger partial charge in [0.25, 0.3) is 5.91 Å². The van der Waals surface area contributed by atoms with Gasteiger partial charge in [-0.25, -0.2) is 0 Å². The van der Waals surface area contributed by atoms with Crippen molar-refractivity contribution in [3.05, 3.63) is 33.4 Å². The number of nitrogens with zero attached hydrogens (tertiary/aromatic N) is 3. The minimum Gasteiger partial charge on any atom is -0.360 e. The summed E-state index contributed by atoms with van der Waals surface area (Å²) in [6, 6.07) is 0. The zero-order valence-corrected chi connectivity index (χ0v) is 15.7. The van der Waals surface area contributed by atoms with Gasteiger partial charge in [-0.1, -0.05) is 23.7 Å². The first kappa shape index (κ1) is 19.7. The molecule has 2 aromatic rings. The highest BCUT2D eigenvalue weighted by Crippen LogP contribution is 2.35. The Bertz CT molecular complexity index is 844. The van der Waals surface area contributed by atoms with E-state index in [0.717, 1.165) is 30.6 Å². The van der Waals surface area contributed by atoms with Crippen LogP contribution in [0, 0.1) is 12.8 Å². The number of carbonyl (C=O) groups excluding carboxylic acids is 1. The van der Waals surface area contributed by atoms with Crippen LogP contribution in [0.4, 0.5) is 13.2 Å². The summed E-state index contributed by atoms with van der Waals surface area (Å²) >= 11 is 5.72. The fourth-order valence-corrected chi connectivity index (χ4v) is 3.44. The van der Waals surface area contributed by atoms with Crippen molar-refractivity contribution < 1.29 is 22.5 Å². The average molecular weight is 405 g/mol. The maximum absolute atomic E-state index is 12.8. The Labute approximate surface area is 159 Å². The zero-order chi connectivity index (χ0) is 19.8. The second kappa shape index (κ2) is 7.53. The Morgan fingerprint density at radius 1 is 1.44 bits per heavy atom. The molecule has 1 aliphatic carbocycles. The van der Waals surface area contributed by atoms with Gasteiger partial charge in [0.15, 0.2) is 11.4 Å². The normalized spacial score (nSPS) is 17.0. The number of aromatic nitrogens is 3. The van der Waals surface area contributed by atoms with Crippen molar-refractivity contribution in [2.75, 3.05) is 6.54 Å². The summed E-state index contributed by atoms with van der Waals surface area (Å²) in [5.41, 5.74) is 0.314. The third kappa shape index (κ3) is 4.12. The van der Waals surface area contributed by atoms with Gasteiger partial charge < -0.3 is 9.84 Å². The van der Waals surface area contributed by atoms with Crippen molar-refractivity contribution in [1.82, 2.24) is 20.3 Å². The molecule has 0 aromatic carbocycles. The Balaban J connectivity index is 1.56. The van der Waals surface area contributed by atoms with Crippen LogP contribution < -0.4 is 5.32 Å². The Morgan fingerprint density at radius 2 is 2.19 bits per heavy atom. The quantitative estimate of drug-likeness (QED) is 0.769. The largest absolute Gasteiger partial charge is 0.436 e. The van der Waals surface area contributed by atoms with E-state index >= 15 is 0 Å². The highest BCUT2D eigenvalue weighted by atomic mass is 35.5. The van der Waals surface area contributed by atoms with E-state index in [0.29, 0.717) is 18.0 Å². The van der Waals surface area contributed by atoms with E-state index in [1.807, 2.05) is 0 Å². The van der Waals surface area contributed by atoms with Crippen LogP contribution in [-0.4, -0.2) is 27.4 Å². The van der Waals surface area contributed by atoms with E-state index in [-0.39, 0.29) is 24.7 Å². The van der Waals surface area contributed by atoms with Gasteiger partial charge in [0, 0.05) is 25.1 Å². The number of alkyl halides is 3. The highest BCUT2D eigenvalue weighted by molar-refractivity contribution is 6.31. The van der Waals surface area contributed by atoms with Crippen LogP contribution in [0.2, 0.25) is 5.02 Å². The number of aryl methyl sites for hydroxylation is 2. The minimum absolute atomic E-state index is 0.204. The molecule has 3 rings (SSSR count). The molecule has 0 fully saturated rings. The SMILES string of the molecule is Cc1c(Cl)c(C(F)(F)F)nn1CCCNC(=O)c1noc2c1CC(C)CC2. The topological polar surface area (TPSA) is 73.0 Å². The molecule has 1 amide bonds. The molecule has 1 N–H and O–H groups in total. The molecule has 0 bridgehead atoms. The molecule has 1 unspecified atom stereocenters. The number of nitrogens with one attached hydrogen (secondary N) is 1. The molecule has 6 nitrogen and oxygen atoms in total. The van der Waals surface area contributed by atoms with E-state index in [4.69, 9.17) is 16.1 Å². The lowest BCUT2D eigenvalue weighted by atomic mass is 9.88. The van der Waals surface area contributed by atoms with E-state index in [1.165, 1.54) is 11.6 Å². The van der Waals surface area contributed by atoms with Gasteiger partial charge in [0.05, 0.1) is 10.7 Å². The molecule has 10 heteroatoms. The fourth-order valence-electron chi connectivity index (χ4n) is 3.19. The van der Waals surface area contributed by atoms with Gasteiger partial charge in [0.2, 0.25) is 0 Å². The smallest absolute Gasteiger partial charge is 0.360 e. The first-order valence-corrected chi connectivity index (χ1v) is 9.12. The highest BCUT2D eigenvalue weighted by Gasteiger charge is 2.38. The van der Waals surface area contributed by atoms with Crippen molar-refractivity contribution in [1.29, 1.82) is 0 Å². The standard InChI is InChI=1S/C17H20ClF3N4O2/c1-9-4-5-12-11(8-9)14(24-27-12)16(26)22-6-3-7-25-10(2)13(18)15(23-25)17(19,20)21/h9H,3-8H2,1-2H3,(H,22,26). The zero-order valence-electron chi connectivity index (χ0n) is 15.0. The summed E-state index contributed by atoms with van der Waals surface area (Å²) in [4.78, 5) is 12.3. The number of hydrogen-bond donors (Lipinski definition) is 1. The molecule has 148 valence electrons. The molecule has 0 saturated carbocycles. The van der Waals surface area contributed by atoms with Crippen LogP contribution in [0.15, 0.2) is 4.52 Å². The second-order valence-corrected chi connectivity index (χ2v) is 7.24. The van der Waals surface area contributed by atoms with E-state index in [9.17, 15) is 18.0 Å². The summed E-state index contributed by atoms with van der Waals surface area (Å²) in [6.45, 7) is 4.07. The molecule has 1 aliphatic rings. The summed E-state index contributed by atoms with van der Waals surface area (Å²) in [5.74, 6) is 0.902. The second-order valence-electron chi connectivity index (χ2n) is 6.86. The lowest BCUT2D eigenvalue weighted by Gasteiger charge is -2.16. The molecule has 0 aliphatic heterocycles. The maximum Gasteiger partial charge on any atom is 0.436 e. The molecule has 1 atom stereocenters. The number of halogens is 4. The lowest BCUT2D eigenvalue weighted by Crippen LogP contribution is -2.27. The molecule has 2 aromatic heterocycles. The van der Waals surface area contributed by atoms with Gasteiger partial charge >= 0.3 is 6.18 Å². The van der Waals surface area contributed by atoms with Gasteiger partial charge in [-0.2, -0.15) is 18.3 Å². The molecular weight excluding hydrogens is 385 g/mol. The first-order valence-electron chi connectivity index (χ1n) is 8.74. The number of amides is 1. The molecule has 0 radical (unpaired) electrons. The monoisotopic (exact) mass is 404 g/mol. The van der Waals surface area contributed by atoms with Crippen molar-refractivity contribution in [2.45, 2.75) is 52.3 Å². The molecule has 27 heavy (non-hydrogen) atoms. The lowest BCUT2D eigenvalue weighted by molar-refractivity contribution is -0.141. The third-order valence-corrected chi connectivity index (χ3v) is 5.19. The minimum atomic E-state index is -4.59. The van der Waals surface area contributed by atoms with Crippen LogP contribution >= 0.6 is 11.6 Å². The van der Waals surface area contributed by atoms with Gasteiger partial charge in [-0.3, -0.25) is 9.48 Å². The van der Waals surface area contributed by atoms with Crippen LogP contribution in [0.5, 0.6) is 0 Å². The van der Waals surface area contributed by atoms with Crippen LogP contribution in [0.25, 0.3) is 0 Å². The molecular formula is C17H20ClF3N4O2. The van der Waals surface area contributed by atoms with E-state index in [2.05, 4.69) is 22.5 Å². The Hall–Kier alpha value is -2.03. The van der Waals surface area contributed by atoms with Crippen molar-refractivity contribution in [3.8, 4) is 0 Å². The van der Waals surface area contributed by atoms with E-state index in [1.54, 1.807) is 0 Å². The van der Waals surface area contributed by atoms with Crippen molar-refractivity contribution in [3.63, 3.8) is 0 Å². The van der Waals surface area contributed by atoms with Crippen LogP contribution in [-0.2, 0) is 25.6 Å². The summed E-state index contributed by atoms with van der Waals surface area (Å²) in [6.07, 6.45) is -1.65. The van der Waals surface area contributed by atoms with Crippen molar-refractivity contribution >= 4 is 17.5 Å². The number of rotatable bonds is 5. The maximum atomic E-state index is 12.8. The van der Waals surface area contributed by atoms with E-state index < -0.39 is 16.9 Å². The summed E-state index contributed by atoms with van der Waals surface area (Å²) < 4.78 is 44.9.